The summed E-state index contributed by atoms with van der Waals surface area (Å²) in [6.07, 6.45) is 1.25. The molecule has 1 saturated heterocycles. The van der Waals surface area contributed by atoms with Crippen molar-refractivity contribution in [3.8, 4) is 0 Å². The number of esters is 1. The van der Waals surface area contributed by atoms with Crippen molar-refractivity contribution >= 4 is 12.3 Å². The summed E-state index contributed by atoms with van der Waals surface area (Å²) in [5.74, 6) is 0.0117. The lowest BCUT2D eigenvalue weighted by Crippen LogP contribution is -1.97. The molecule has 1 aromatic carbocycles. The van der Waals surface area contributed by atoms with Crippen LogP contribution in [-0.4, -0.2) is 18.9 Å². The molecule has 0 bridgehead atoms. The SMILES string of the molecule is O=Cc1ccc([C@@H]2COC(=O)C2)cc1. The van der Waals surface area contributed by atoms with Crippen molar-refractivity contribution in [1.29, 1.82) is 0 Å². The Morgan fingerprint density at radius 2 is 2.00 bits per heavy atom. The average molecular weight is 190 g/mol. The first kappa shape index (κ1) is 8.94. The van der Waals surface area contributed by atoms with E-state index in [2.05, 4.69) is 0 Å². The van der Waals surface area contributed by atoms with E-state index in [-0.39, 0.29) is 11.9 Å². The number of ether oxygens (including phenoxy) is 1. The van der Waals surface area contributed by atoms with Gasteiger partial charge >= 0.3 is 5.97 Å². The van der Waals surface area contributed by atoms with E-state index in [4.69, 9.17) is 4.74 Å². The molecule has 0 radical (unpaired) electrons. The maximum atomic E-state index is 10.9. The van der Waals surface area contributed by atoms with Crippen molar-refractivity contribution in [2.45, 2.75) is 12.3 Å². The van der Waals surface area contributed by atoms with Crippen molar-refractivity contribution in [2.24, 2.45) is 0 Å². The Morgan fingerprint density at radius 3 is 2.50 bits per heavy atom. The van der Waals surface area contributed by atoms with E-state index in [1.54, 1.807) is 12.1 Å². The first-order valence-corrected chi connectivity index (χ1v) is 4.50. The minimum Gasteiger partial charge on any atom is -0.465 e. The van der Waals surface area contributed by atoms with E-state index in [0.717, 1.165) is 11.8 Å². The van der Waals surface area contributed by atoms with Crippen LogP contribution >= 0.6 is 0 Å². The highest BCUT2D eigenvalue weighted by Crippen LogP contribution is 2.25. The summed E-state index contributed by atoms with van der Waals surface area (Å²) < 4.78 is 4.87. The third-order valence-corrected chi connectivity index (χ3v) is 2.40. The predicted octanol–water partition coefficient (Wildman–Crippen LogP) is 1.53. The third-order valence-electron chi connectivity index (χ3n) is 2.40. The molecule has 3 heteroatoms. The van der Waals surface area contributed by atoms with Crippen molar-refractivity contribution < 1.29 is 14.3 Å². The molecular formula is C11H10O3. The molecule has 0 spiro atoms. The van der Waals surface area contributed by atoms with Gasteiger partial charge in [-0.1, -0.05) is 24.3 Å². The largest absolute Gasteiger partial charge is 0.465 e. The smallest absolute Gasteiger partial charge is 0.306 e. The average Bonchev–Trinajstić information content (AvgIpc) is 2.65. The molecule has 1 aliphatic heterocycles. The van der Waals surface area contributed by atoms with Gasteiger partial charge in [0.15, 0.2) is 0 Å². The molecule has 1 aliphatic rings. The van der Waals surface area contributed by atoms with E-state index in [1.807, 2.05) is 12.1 Å². The molecule has 3 nitrogen and oxygen atoms in total. The van der Waals surface area contributed by atoms with E-state index in [1.165, 1.54) is 0 Å². The molecule has 1 aromatic rings. The van der Waals surface area contributed by atoms with Gasteiger partial charge in [0.1, 0.15) is 6.29 Å². The molecule has 14 heavy (non-hydrogen) atoms. The van der Waals surface area contributed by atoms with Crippen LogP contribution in [0.25, 0.3) is 0 Å². The zero-order chi connectivity index (χ0) is 9.97. The van der Waals surface area contributed by atoms with Crippen molar-refractivity contribution in [3.63, 3.8) is 0 Å². The summed E-state index contributed by atoms with van der Waals surface area (Å²) in [5, 5.41) is 0. The fourth-order valence-corrected chi connectivity index (χ4v) is 1.57. The second kappa shape index (κ2) is 3.62. The zero-order valence-corrected chi connectivity index (χ0v) is 7.60. The van der Waals surface area contributed by atoms with Gasteiger partial charge < -0.3 is 4.74 Å². The second-order valence-electron chi connectivity index (χ2n) is 3.37. The predicted molar refractivity (Wildman–Crippen MR) is 50.1 cm³/mol. The third kappa shape index (κ3) is 1.66. The number of benzene rings is 1. The summed E-state index contributed by atoms with van der Waals surface area (Å²) in [7, 11) is 0. The topological polar surface area (TPSA) is 43.4 Å². The summed E-state index contributed by atoms with van der Waals surface area (Å²) in [4.78, 5) is 21.3. The lowest BCUT2D eigenvalue weighted by atomic mass is 9.97. The molecule has 0 saturated carbocycles. The van der Waals surface area contributed by atoms with Gasteiger partial charge in [-0.3, -0.25) is 9.59 Å². The summed E-state index contributed by atoms with van der Waals surface area (Å²) in [6.45, 7) is 0.458. The number of hydrogen-bond acceptors (Lipinski definition) is 3. The minimum atomic E-state index is -0.144. The number of cyclic esters (lactones) is 1. The molecule has 0 unspecified atom stereocenters. The highest BCUT2D eigenvalue weighted by molar-refractivity contribution is 5.75. The second-order valence-corrected chi connectivity index (χ2v) is 3.37. The fourth-order valence-electron chi connectivity index (χ4n) is 1.57. The first-order chi connectivity index (χ1) is 6.79. The molecule has 0 aliphatic carbocycles. The molecule has 1 atom stereocenters. The van der Waals surface area contributed by atoms with E-state index in [9.17, 15) is 9.59 Å². The Kier molecular flexibility index (Phi) is 2.31. The summed E-state index contributed by atoms with van der Waals surface area (Å²) in [6, 6.07) is 7.25. The van der Waals surface area contributed by atoms with E-state index >= 15 is 0 Å². The Bertz CT molecular complexity index is 353. The molecule has 2 rings (SSSR count). The standard InChI is InChI=1S/C11H10O3/c12-6-8-1-3-9(4-2-8)10-5-11(13)14-7-10/h1-4,6,10H,5,7H2/t10-/m0/s1. The Hall–Kier alpha value is -1.64. The number of aldehydes is 1. The van der Waals surface area contributed by atoms with Crippen molar-refractivity contribution in [3.05, 3.63) is 35.4 Å². The van der Waals surface area contributed by atoms with Gasteiger partial charge in [0.2, 0.25) is 0 Å². The number of rotatable bonds is 2. The van der Waals surface area contributed by atoms with Gasteiger partial charge in [0, 0.05) is 11.5 Å². The monoisotopic (exact) mass is 190 g/mol. The first-order valence-electron chi connectivity index (χ1n) is 4.50. The van der Waals surface area contributed by atoms with Crippen molar-refractivity contribution in [1.82, 2.24) is 0 Å². The van der Waals surface area contributed by atoms with Gasteiger partial charge in [-0.25, -0.2) is 0 Å². The van der Waals surface area contributed by atoms with Crippen LogP contribution in [0.4, 0.5) is 0 Å². The van der Waals surface area contributed by atoms with Gasteiger partial charge in [-0.15, -0.1) is 0 Å². The lowest BCUT2D eigenvalue weighted by molar-refractivity contribution is -0.137. The van der Waals surface area contributed by atoms with Gasteiger partial charge in [-0.2, -0.15) is 0 Å². The Balaban J connectivity index is 2.16. The maximum absolute atomic E-state index is 10.9. The zero-order valence-electron chi connectivity index (χ0n) is 7.60. The van der Waals surface area contributed by atoms with Crippen LogP contribution in [0.2, 0.25) is 0 Å². The van der Waals surface area contributed by atoms with Crippen LogP contribution in [0.15, 0.2) is 24.3 Å². The fraction of sp³-hybridized carbons (Fsp3) is 0.273. The van der Waals surface area contributed by atoms with E-state index in [0.29, 0.717) is 18.6 Å². The van der Waals surface area contributed by atoms with E-state index < -0.39 is 0 Å². The number of hydrogen-bond donors (Lipinski definition) is 0. The van der Waals surface area contributed by atoms with Crippen LogP contribution in [0, 0.1) is 0 Å². The molecule has 0 N–H and O–H groups in total. The van der Waals surface area contributed by atoms with Crippen LogP contribution in [0.5, 0.6) is 0 Å². The van der Waals surface area contributed by atoms with Crippen LogP contribution < -0.4 is 0 Å². The summed E-state index contributed by atoms with van der Waals surface area (Å²) in [5.41, 5.74) is 1.71. The summed E-state index contributed by atoms with van der Waals surface area (Å²) >= 11 is 0. The van der Waals surface area contributed by atoms with Crippen LogP contribution in [-0.2, 0) is 9.53 Å². The van der Waals surface area contributed by atoms with Gasteiger partial charge in [0.25, 0.3) is 0 Å². The number of carbonyl (C=O) groups is 2. The molecule has 1 heterocycles. The molecule has 72 valence electrons. The van der Waals surface area contributed by atoms with Gasteiger partial charge in [0.05, 0.1) is 13.0 Å². The Labute approximate surface area is 81.7 Å². The molecule has 1 fully saturated rings. The molecular weight excluding hydrogens is 180 g/mol. The lowest BCUT2D eigenvalue weighted by Gasteiger charge is -2.05. The van der Waals surface area contributed by atoms with Crippen molar-refractivity contribution in [2.75, 3.05) is 6.61 Å². The van der Waals surface area contributed by atoms with Crippen LogP contribution in [0.1, 0.15) is 28.3 Å². The highest BCUT2D eigenvalue weighted by atomic mass is 16.5. The highest BCUT2D eigenvalue weighted by Gasteiger charge is 2.24. The van der Waals surface area contributed by atoms with Crippen LogP contribution in [0.3, 0.4) is 0 Å². The molecule has 0 aromatic heterocycles. The quantitative estimate of drug-likeness (QED) is 0.524. The Morgan fingerprint density at radius 1 is 1.29 bits per heavy atom. The van der Waals surface area contributed by atoms with Gasteiger partial charge in [-0.05, 0) is 5.56 Å². The minimum absolute atomic E-state index is 0.144. The number of carbonyl (C=O) groups excluding carboxylic acids is 2. The molecule has 0 amide bonds. The normalized spacial score (nSPS) is 20.6. The maximum Gasteiger partial charge on any atom is 0.306 e.